The second kappa shape index (κ2) is 9.96. The first-order valence-corrected chi connectivity index (χ1v) is 11.8. The molecule has 188 valence electrons. The van der Waals surface area contributed by atoms with Crippen LogP contribution < -0.4 is 16.0 Å². The fourth-order valence-electron chi connectivity index (χ4n) is 4.75. The molecule has 8 nitrogen and oxygen atoms in total. The van der Waals surface area contributed by atoms with Crippen LogP contribution in [-0.4, -0.2) is 53.0 Å². The van der Waals surface area contributed by atoms with Crippen LogP contribution in [0.2, 0.25) is 0 Å². The van der Waals surface area contributed by atoms with Gasteiger partial charge >= 0.3 is 5.69 Å². The van der Waals surface area contributed by atoms with Crippen molar-refractivity contribution < 1.29 is 22.7 Å². The first kappa shape index (κ1) is 23.8. The van der Waals surface area contributed by atoms with Crippen molar-refractivity contribution in [3.05, 3.63) is 75.1 Å². The molecule has 1 amide bonds. The SMILES string of the molecule is O=CN1CCC(n2c(=O)n(Cc3ccc4ccoc4c3)c(=O)c3cc(OC(CF)CF)ccc32)CC1. The summed E-state index contributed by atoms with van der Waals surface area (Å²) in [5, 5.41) is 1.11. The Labute approximate surface area is 204 Å². The zero-order valence-electron chi connectivity index (χ0n) is 19.4. The summed E-state index contributed by atoms with van der Waals surface area (Å²) in [6.07, 6.45) is 2.18. The van der Waals surface area contributed by atoms with Crippen LogP contribution in [0.3, 0.4) is 0 Å². The number of carbonyl (C=O) groups excluding carboxylic acids is 1. The lowest BCUT2D eigenvalue weighted by molar-refractivity contribution is -0.119. The Morgan fingerprint density at radius 1 is 1.06 bits per heavy atom. The van der Waals surface area contributed by atoms with Gasteiger partial charge in [0, 0.05) is 24.5 Å². The quantitative estimate of drug-likeness (QED) is 0.348. The van der Waals surface area contributed by atoms with E-state index >= 15 is 0 Å². The summed E-state index contributed by atoms with van der Waals surface area (Å²) in [5.74, 6) is 0.143. The fourth-order valence-corrected chi connectivity index (χ4v) is 4.75. The number of carbonyl (C=O) groups is 1. The molecule has 0 unspecified atom stereocenters. The van der Waals surface area contributed by atoms with Gasteiger partial charge in [0.05, 0.1) is 23.7 Å². The van der Waals surface area contributed by atoms with Gasteiger partial charge in [-0.15, -0.1) is 0 Å². The molecule has 1 saturated heterocycles. The number of nitrogens with zero attached hydrogens (tertiary/aromatic N) is 3. The first-order valence-electron chi connectivity index (χ1n) is 11.8. The van der Waals surface area contributed by atoms with Crippen LogP contribution in [0.1, 0.15) is 24.4 Å². The Morgan fingerprint density at radius 2 is 1.83 bits per heavy atom. The number of halogens is 2. The summed E-state index contributed by atoms with van der Waals surface area (Å²) < 4.78 is 39.7. The molecule has 1 aliphatic heterocycles. The number of amides is 1. The number of fused-ring (bicyclic) bond motifs is 2. The Hall–Kier alpha value is -3.95. The van der Waals surface area contributed by atoms with Gasteiger partial charge in [-0.25, -0.2) is 13.6 Å². The van der Waals surface area contributed by atoms with Gasteiger partial charge in [-0.1, -0.05) is 12.1 Å². The molecule has 0 atom stereocenters. The molecule has 2 aromatic carbocycles. The molecule has 0 bridgehead atoms. The molecule has 0 saturated carbocycles. The number of aromatic nitrogens is 2. The van der Waals surface area contributed by atoms with E-state index in [9.17, 15) is 23.2 Å². The van der Waals surface area contributed by atoms with Gasteiger partial charge in [-0.2, -0.15) is 0 Å². The predicted molar refractivity (Wildman–Crippen MR) is 130 cm³/mol. The van der Waals surface area contributed by atoms with Gasteiger partial charge in [-0.3, -0.25) is 18.7 Å². The largest absolute Gasteiger partial charge is 0.485 e. The van der Waals surface area contributed by atoms with Gasteiger partial charge < -0.3 is 14.1 Å². The highest BCUT2D eigenvalue weighted by Gasteiger charge is 2.25. The van der Waals surface area contributed by atoms with Crippen molar-refractivity contribution in [1.29, 1.82) is 0 Å². The first-order chi connectivity index (χ1) is 17.5. The van der Waals surface area contributed by atoms with Crippen LogP contribution in [0.5, 0.6) is 5.75 Å². The topological polar surface area (TPSA) is 86.7 Å². The second-order valence-electron chi connectivity index (χ2n) is 8.94. The molecule has 0 aliphatic carbocycles. The Bertz CT molecular complexity index is 1510. The van der Waals surface area contributed by atoms with Crippen molar-refractivity contribution in [3.63, 3.8) is 0 Å². The smallest absolute Gasteiger partial charge is 0.332 e. The summed E-state index contributed by atoms with van der Waals surface area (Å²) in [6.45, 7) is -1.02. The number of piperidine rings is 1. The molecule has 36 heavy (non-hydrogen) atoms. The summed E-state index contributed by atoms with van der Waals surface area (Å²) in [4.78, 5) is 40.1. The summed E-state index contributed by atoms with van der Waals surface area (Å²) in [6, 6.07) is 11.6. The molecule has 3 heterocycles. The maximum atomic E-state index is 13.7. The molecular formula is C26H25F2N3O5. The summed E-state index contributed by atoms with van der Waals surface area (Å²) in [5.41, 5.74) is 0.772. The third kappa shape index (κ3) is 4.38. The molecule has 5 rings (SSSR count). The van der Waals surface area contributed by atoms with Crippen molar-refractivity contribution in [3.8, 4) is 5.75 Å². The molecule has 4 aromatic rings. The van der Waals surface area contributed by atoms with Crippen LogP contribution >= 0.6 is 0 Å². The summed E-state index contributed by atoms with van der Waals surface area (Å²) in [7, 11) is 0. The number of likely N-dealkylation sites (tertiary alicyclic amines) is 1. The number of alkyl halides is 2. The van der Waals surface area contributed by atoms with E-state index in [0.717, 1.165) is 16.4 Å². The van der Waals surface area contributed by atoms with Gasteiger partial charge in [0.15, 0.2) is 6.10 Å². The van der Waals surface area contributed by atoms with E-state index in [-0.39, 0.29) is 23.7 Å². The Kier molecular flexibility index (Phi) is 6.58. The minimum atomic E-state index is -1.27. The van der Waals surface area contributed by atoms with E-state index < -0.39 is 30.7 Å². The van der Waals surface area contributed by atoms with E-state index in [2.05, 4.69) is 0 Å². The monoisotopic (exact) mass is 497 g/mol. The van der Waals surface area contributed by atoms with Crippen molar-refractivity contribution in [2.75, 3.05) is 26.4 Å². The third-order valence-electron chi connectivity index (χ3n) is 6.66. The number of hydrogen-bond acceptors (Lipinski definition) is 5. The molecule has 10 heteroatoms. The molecule has 0 N–H and O–H groups in total. The van der Waals surface area contributed by atoms with Crippen LogP contribution in [0, 0.1) is 0 Å². The fraction of sp³-hybridized carbons (Fsp3) is 0.346. The molecule has 0 radical (unpaired) electrons. The Balaban J connectivity index is 1.64. The predicted octanol–water partition coefficient (Wildman–Crippen LogP) is 3.44. The maximum Gasteiger partial charge on any atom is 0.332 e. The van der Waals surface area contributed by atoms with Gasteiger partial charge in [0.2, 0.25) is 6.41 Å². The number of benzene rings is 2. The molecular weight excluding hydrogens is 472 g/mol. The normalized spacial score (nSPS) is 14.7. The van der Waals surface area contributed by atoms with Gasteiger partial charge in [0.25, 0.3) is 5.56 Å². The van der Waals surface area contributed by atoms with Gasteiger partial charge in [0.1, 0.15) is 24.7 Å². The molecule has 0 spiro atoms. The van der Waals surface area contributed by atoms with Crippen molar-refractivity contribution in [1.82, 2.24) is 14.0 Å². The van der Waals surface area contributed by atoms with Crippen LogP contribution in [0.15, 0.2) is 62.7 Å². The number of hydrogen-bond donors (Lipinski definition) is 0. The Morgan fingerprint density at radius 3 is 2.56 bits per heavy atom. The number of rotatable bonds is 8. The minimum Gasteiger partial charge on any atom is -0.485 e. The van der Waals surface area contributed by atoms with Crippen LogP contribution in [0.4, 0.5) is 8.78 Å². The second-order valence-corrected chi connectivity index (χ2v) is 8.94. The minimum absolute atomic E-state index is 0.0140. The average Bonchev–Trinajstić information content (AvgIpc) is 3.38. The van der Waals surface area contributed by atoms with E-state index in [1.807, 2.05) is 18.2 Å². The van der Waals surface area contributed by atoms with E-state index in [0.29, 0.717) is 42.6 Å². The molecule has 2 aromatic heterocycles. The van der Waals surface area contributed by atoms with E-state index in [4.69, 9.17) is 9.15 Å². The summed E-state index contributed by atoms with van der Waals surface area (Å²) >= 11 is 0. The van der Waals surface area contributed by atoms with Crippen LogP contribution in [-0.2, 0) is 11.3 Å². The van der Waals surface area contributed by atoms with E-state index in [1.165, 1.54) is 12.1 Å². The lowest BCUT2D eigenvalue weighted by Crippen LogP contribution is -2.44. The average molecular weight is 497 g/mol. The standard InChI is InChI=1S/C26H25F2N3O5/c27-13-21(14-28)36-20-3-4-23-22(12-20)25(33)30(15-17-1-2-18-7-10-35-24(18)11-17)26(34)31(23)19-5-8-29(16-32)9-6-19/h1-4,7,10-12,16,19,21H,5-6,8-9,13-15H2. The highest BCUT2D eigenvalue weighted by Crippen LogP contribution is 2.26. The highest BCUT2D eigenvalue weighted by molar-refractivity contribution is 5.80. The van der Waals surface area contributed by atoms with Crippen LogP contribution in [0.25, 0.3) is 21.9 Å². The lowest BCUT2D eigenvalue weighted by atomic mass is 10.0. The molecule has 1 aliphatic rings. The number of ether oxygens (including phenoxy) is 1. The lowest BCUT2D eigenvalue weighted by Gasteiger charge is -2.31. The van der Waals surface area contributed by atoms with E-state index in [1.54, 1.807) is 27.9 Å². The maximum absolute atomic E-state index is 13.7. The van der Waals surface area contributed by atoms with Gasteiger partial charge in [-0.05, 0) is 48.7 Å². The molecule has 1 fully saturated rings. The number of furan rings is 1. The zero-order valence-corrected chi connectivity index (χ0v) is 19.4. The zero-order chi connectivity index (χ0) is 25.2. The van der Waals surface area contributed by atoms with Crippen molar-refractivity contribution >= 4 is 28.3 Å². The van der Waals surface area contributed by atoms with Crippen molar-refractivity contribution in [2.24, 2.45) is 0 Å². The highest BCUT2D eigenvalue weighted by atomic mass is 19.1. The third-order valence-corrected chi connectivity index (χ3v) is 6.66. The van der Waals surface area contributed by atoms with Crippen molar-refractivity contribution in [2.45, 2.75) is 31.5 Å².